The van der Waals surface area contributed by atoms with Gasteiger partial charge in [-0.05, 0) is 79.6 Å². The molecule has 3 aromatic rings. The van der Waals surface area contributed by atoms with Gasteiger partial charge in [-0.2, -0.15) is 5.01 Å². The van der Waals surface area contributed by atoms with Crippen molar-refractivity contribution in [1.82, 2.24) is 10.0 Å². The fourth-order valence-corrected chi connectivity index (χ4v) is 6.89. The summed E-state index contributed by atoms with van der Waals surface area (Å²) in [6.45, 7) is -0.590. The van der Waals surface area contributed by atoms with Crippen molar-refractivity contribution < 1.29 is 28.7 Å². The number of ketones is 1. The zero-order valence-electron chi connectivity index (χ0n) is 22.0. The van der Waals surface area contributed by atoms with Crippen LogP contribution in [0.4, 0.5) is 0 Å². The highest BCUT2D eigenvalue weighted by atomic mass is 79.9. The van der Waals surface area contributed by atoms with E-state index < -0.39 is 47.9 Å². The van der Waals surface area contributed by atoms with Crippen molar-refractivity contribution >= 4 is 96.1 Å². The van der Waals surface area contributed by atoms with Crippen LogP contribution in [0, 0.1) is 11.8 Å². The topological polar surface area (TPSA) is 101 Å². The molecule has 0 bridgehead atoms. The molecule has 2 aliphatic rings. The van der Waals surface area contributed by atoms with E-state index in [1.54, 1.807) is 0 Å². The van der Waals surface area contributed by atoms with Gasteiger partial charge in [0.05, 0.1) is 22.4 Å². The largest absolute Gasteiger partial charge is 0.423 e. The molecule has 222 valence electrons. The van der Waals surface area contributed by atoms with Crippen LogP contribution in [0.2, 0.25) is 15.1 Å². The number of amides is 3. The van der Waals surface area contributed by atoms with Gasteiger partial charge in [-0.3, -0.25) is 19.2 Å². The van der Waals surface area contributed by atoms with Gasteiger partial charge in [-0.1, -0.05) is 66.7 Å². The Balaban J connectivity index is 1.38. The molecule has 5 rings (SSSR count). The van der Waals surface area contributed by atoms with E-state index in [9.17, 15) is 24.0 Å². The lowest BCUT2D eigenvalue weighted by atomic mass is 9.81. The summed E-state index contributed by atoms with van der Waals surface area (Å²) in [4.78, 5) is 66.7. The maximum absolute atomic E-state index is 13.7. The molecule has 3 amide bonds. The molecule has 2 fully saturated rings. The minimum absolute atomic E-state index is 0.0316. The van der Waals surface area contributed by atoms with E-state index in [2.05, 4.69) is 31.9 Å². The number of benzene rings is 3. The second-order valence-corrected chi connectivity index (χ2v) is 13.7. The molecule has 1 aliphatic carbocycles. The van der Waals surface area contributed by atoms with Crippen LogP contribution in [0.15, 0.2) is 66.7 Å². The van der Waals surface area contributed by atoms with Crippen LogP contribution in [0.5, 0.6) is 5.75 Å². The number of carbonyl (C=O) groups excluding carboxylic acids is 5. The Morgan fingerprint density at radius 1 is 0.791 bits per heavy atom. The molecule has 0 spiro atoms. The van der Waals surface area contributed by atoms with Crippen LogP contribution in [-0.2, 0) is 9.59 Å². The lowest BCUT2D eigenvalue weighted by Crippen LogP contribution is -2.52. The maximum Gasteiger partial charge on any atom is 0.345 e. The number of alkyl halides is 2. The first-order valence-corrected chi connectivity index (χ1v) is 15.9. The molecule has 0 unspecified atom stereocenters. The van der Waals surface area contributed by atoms with Crippen molar-refractivity contribution in [2.45, 2.75) is 22.5 Å². The van der Waals surface area contributed by atoms with Crippen molar-refractivity contribution in [2.75, 3.05) is 6.54 Å². The van der Waals surface area contributed by atoms with E-state index >= 15 is 0 Å². The van der Waals surface area contributed by atoms with E-state index in [1.807, 2.05) is 0 Å². The Morgan fingerprint density at radius 2 is 1.33 bits per heavy atom. The first kappa shape index (κ1) is 31.7. The number of rotatable bonds is 7. The third kappa shape index (κ3) is 6.68. The van der Waals surface area contributed by atoms with Gasteiger partial charge in [-0.15, -0.1) is 0 Å². The van der Waals surface area contributed by atoms with Crippen LogP contribution in [0.1, 0.15) is 43.9 Å². The number of Topliss-reactive ketones (excluding diaryl/α,β-unsaturated/α-hetero) is 1. The molecular formula is C30H21Br2Cl3N2O6. The van der Waals surface area contributed by atoms with Crippen molar-refractivity contribution in [3.63, 3.8) is 0 Å². The van der Waals surface area contributed by atoms with Gasteiger partial charge >= 0.3 is 5.97 Å². The normalized spacial score (nSPS) is 21.4. The highest BCUT2D eigenvalue weighted by Gasteiger charge is 2.54. The molecule has 1 heterocycles. The van der Waals surface area contributed by atoms with Crippen molar-refractivity contribution in [2.24, 2.45) is 11.8 Å². The summed E-state index contributed by atoms with van der Waals surface area (Å²) >= 11 is 25.1. The summed E-state index contributed by atoms with van der Waals surface area (Å²) in [5.41, 5.74) is 0.420. The Morgan fingerprint density at radius 3 is 1.88 bits per heavy atom. The summed E-state index contributed by atoms with van der Waals surface area (Å²) in [7, 11) is 0. The fraction of sp³-hybridized carbons (Fsp3) is 0.233. The van der Waals surface area contributed by atoms with E-state index in [4.69, 9.17) is 39.5 Å². The molecule has 1 saturated heterocycles. The summed E-state index contributed by atoms with van der Waals surface area (Å²) in [5.74, 6) is -4.13. The summed E-state index contributed by atoms with van der Waals surface area (Å²) in [6, 6.07) is 15.9. The Bertz CT molecular complexity index is 1590. The van der Waals surface area contributed by atoms with Crippen LogP contribution in [-0.4, -0.2) is 55.7 Å². The monoisotopic (exact) mass is 768 g/mol. The van der Waals surface area contributed by atoms with Crippen LogP contribution >= 0.6 is 66.7 Å². The molecule has 43 heavy (non-hydrogen) atoms. The number of hydrogen-bond acceptors (Lipinski definition) is 6. The van der Waals surface area contributed by atoms with E-state index in [-0.39, 0.29) is 37.1 Å². The zero-order valence-corrected chi connectivity index (χ0v) is 27.5. The fourth-order valence-electron chi connectivity index (χ4n) is 5.04. The van der Waals surface area contributed by atoms with E-state index in [0.29, 0.717) is 22.9 Å². The molecule has 1 saturated carbocycles. The van der Waals surface area contributed by atoms with Gasteiger partial charge in [0.25, 0.3) is 17.7 Å². The first-order valence-electron chi connectivity index (χ1n) is 13.0. The van der Waals surface area contributed by atoms with Gasteiger partial charge < -0.3 is 4.74 Å². The standard InChI is InChI=1S/C30H21Br2Cl3N2O6/c31-23-12-21-22(13-24(23)32)29(41)37(28(21)40)36(27(39)16-1-5-17(33)6-2-16)14-26(38)15-3-8-19(9-4-15)43-30(42)20-10-7-18(34)11-25(20)35/h1-11,21-24H,12-14H2/t21-,22-,23+,24+/m1/s1. The predicted octanol–water partition coefficient (Wildman–Crippen LogP) is 7.03. The molecule has 13 heteroatoms. The molecule has 4 atom stereocenters. The average Bonchev–Trinajstić information content (AvgIpc) is 3.20. The number of hydrogen-bond donors (Lipinski definition) is 0. The quantitative estimate of drug-likeness (QED) is 0.0842. The molecule has 1 aliphatic heterocycles. The van der Waals surface area contributed by atoms with Gasteiger partial charge in [0.15, 0.2) is 5.78 Å². The first-order chi connectivity index (χ1) is 20.4. The average molecular weight is 772 g/mol. The number of fused-ring (bicyclic) bond motifs is 1. The molecule has 0 N–H and O–H groups in total. The number of halogens is 5. The van der Waals surface area contributed by atoms with Crippen LogP contribution < -0.4 is 4.74 Å². The summed E-state index contributed by atoms with van der Waals surface area (Å²) in [5, 5.41) is 2.60. The second-order valence-electron chi connectivity index (χ2n) is 10.0. The van der Waals surface area contributed by atoms with Gasteiger partial charge in [-0.25, -0.2) is 9.80 Å². The number of imide groups is 1. The minimum Gasteiger partial charge on any atom is -0.423 e. The van der Waals surface area contributed by atoms with E-state index in [1.165, 1.54) is 66.7 Å². The number of ether oxygens (including phenoxy) is 1. The Hall–Kier alpha value is -2.76. The highest BCUT2D eigenvalue weighted by Crippen LogP contribution is 2.43. The summed E-state index contributed by atoms with van der Waals surface area (Å²) < 4.78 is 5.37. The smallest absolute Gasteiger partial charge is 0.345 e. The molecule has 3 aromatic carbocycles. The summed E-state index contributed by atoms with van der Waals surface area (Å²) in [6.07, 6.45) is 0.806. The van der Waals surface area contributed by atoms with Gasteiger partial charge in [0.1, 0.15) is 12.3 Å². The molecular weight excluding hydrogens is 751 g/mol. The number of nitrogens with zero attached hydrogens (tertiary/aromatic N) is 2. The number of esters is 1. The molecule has 0 aromatic heterocycles. The van der Waals surface area contributed by atoms with Crippen molar-refractivity contribution in [3.05, 3.63) is 98.5 Å². The third-order valence-electron chi connectivity index (χ3n) is 7.29. The Labute approximate surface area is 278 Å². The lowest BCUT2D eigenvalue weighted by molar-refractivity contribution is -0.154. The second kappa shape index (κ2) is 13.1. The van der Waals surface area contributed by atoms with Crippen LogP contribution in [0.25, 0.3) is 0 Å². The van der Waals surface area contributed by atoms with Gasteiger partial charge in [0.2, 0.25) is 0 Å². The third-order valence-corrected chi connectivity index (χ3v) is 10.8. The van der Waals surface area contributed by atoms with E-state index in [0.717, 1.165) is 10.0 Å². The van der Waals surface area contributed by atoms with Crippen molar-refractivity contribution in [3.8, 4) is 5.75 Å². The van der Waals surface area contributed by atoms with Crippen LogP contribution in [0.3, 0.4) is 0 Å². The molecule has 8 nitrogen and oxygen atoms in total. The Kier molecular flexibility index (Phi) is 9.63. The highest BCUT2D eigenvalue weighted by molar-refractivity contribution is 9.12. The lowest BCUT2D eigenvalue weighted by Gasteiger charge is -2.30. The van der Waals surface area contributed by atoms with Crippen molar-refractivity contribution in [1.29, 1.82) is 0 Å². The maximum atomic E-state index is 13.7. The predicted molar refractivity (Wildman–Crippen MR) is 168 cm³/mol. The van der Waals surface area contributed by atoms with Gasteiger partial charge in [0, 0.05) is 30.8 Å². The number of carbonyl (C=O) groups is 5. The zero-order chi connectivity index (χ0) is 31.0. The minimum atomic E-state index is -0.718. The SMILES string of the molecule is O=C(CN(C(=O)c1ccc(Cl)cc1)N1C(=O)[C@@H]2C[C@H](Br)[C@@H](Br)C[C@H]2C1=O)c1ccc(OC(=O)c2ccc(Cl)cc2Cl)cc1. The molecule has 0 radical (unpaired) electrons. The number of hydrazine groups is 1.